The molecule has 1 aliphatic rings. The first-order chi connectivity index (χ1) is 13.7. The summed E-state index contributed by atoms with van der Waals surface area (Å²) in [6.45, 7) is 5.65. The van der Waals surface area contributed by atoms with Crippen LogP contribution in [-0.2, 0) is 14.8 Å². The summed E-state index contributed by atoms with van der Waals surface area (Å²) in [4.78, 5) is 23.9. The van der Waals surface area contributed by atoms with E-state index in [2.05, 4.69) is 0 Å². The Kier molecular flexibility index (Phi) is 6.16. The Labute approximate surface area is 170 Å². The summed E-state index contributed by atoms with van der Waals surface area (Å²) in [7, 11) is -3.68. The molecular weight excluding hydrogens is 394 g/mol. The van der Waals surface area contributed by atoms with Gasteiger partial charge in [-0.15, -0.1) is 0 Å². The molecule has 1 saturated heterocycles. The van der Waals surface area contributed by atoms with Crippen LogP contribution in [-0.4, -0.2) is 49.8 Å². The molecule has 8 heteroatoms. The molecule has 0 N–H and O–H groups in total. The summed E-state index contributed by atoms with van der Waals surface area (Å²) in [6, 6.07) is 11.9. The van der Waals surface area contributed by atoms with E-state index in [1.165, 1.54) is 41.6 Å². The average molecular weight is 417 g/mol. The van der Waals surface area contributed by atoms with Crippen LogP contribution in [0.1, 0.15) is 41.5 Å². The number of Topliss-reactive ketones (excluding diaryl/α,β-unsaturated/α-hetero) is 1. The maximum absolute atomic E-state index is 12.9. The zero-order chi connectivity index (χ0) is 21.2. The second-order valence-corrected chi connectivity index (χ2v) is 9.02. The summed E-state index contributed by atoms with van der Waals surface area (Å²) in [5, 5.41) is 0. The van der Waals surface area contributed by atoms with Crippen LogP contribution in [0.15, 0.2) is 53.4 Å². The van der Waals surface area contributed by atoms with Crippen LogP contribution in [0.5, 0.6) is 5.75 Å². The van der Waals surface area contributed by atoms with Gasteiger partial charge in [-0.2, -0.15) is 4.31 Å². The number of benzene rings is 2. The third-order valence-corrected chi connectivity index (χ3v) is 6.41. The number of ether oxygens (including phenoxy) is 2. The minimum atomic E-state index is -3.68. The Hall–Kier alpha value is -2.55. The maximum atomic E-state index is 12.9. The molecule has 0 aliphatic carbocycles. The lowest BCUT2D eigenvalue weighted by Crippen LogP contribution is -2.48. The molecular formula is C21H23NO6S. The number of carbonyl (C=O) groups excluding carboxylic acids is 2. The Balaban J connectivity index is 1.75. The van der Waals surface area contributed by atoms with E-state index < -0.39 is 16.0 Å². The maximum Gasteiger partial charge on any atom is 0.343 e. The third kappa shape index (κ3) is 4.90. The largest absolute Gasteiger partial charge is 0.423 e. The lowest BCUT2D eigenvalue weighted by atomic mass is 10.1. The van der Waals surface area contributed by atoms with E-state index in [1.54, 1.807) is 18.2 Å². The van der Waals surface area contributed by atoms with Crippen LogP contribution < -0.4 is 4.74 Å². The molecule has 1 fully saturated rings. The van der Waals surface area contributed by atoms with Gasteiger partial charge >= 0.3 is 5.97 Å². The number of sulfonamides is 1. The predicted molar refractivity (Wildman–Crippen MR) is 107 cm³/mol. The van der Waals surface area contributed by atoms with E-state index in [4.69, 9.17) is 9.47 Å². The van der Waals surface area contributed by atoms with Crippen LogP contribution in [0.25, 0.3) is 0 Å². The monoisotopic (exact) mass is 417 g/mol. The quantitative estimate of drug-likeness (QED) is 0.422. The van der Waals surface area contributed by atoms with E-state index >= 15 is 0 Å². The molecule has 0 amide bonds. The Bertz CT molecular complexity index is 1010. The molecule has 2 atom stereocenters. The van der Waals surface area contributed by atoms with Crippen LogP contribution in [0.2, 0.25) is 0 Å². The van der Waals surface area contributed by atoms with Gasteiger partial charge in [-0.1, -0.05) is 12.1 Å². The fourth-order valence-electron chi connectivity index (χ4n) is 3.18. The molecule has 3 rings (SSSR count). The highest BCUT2D eigenvalue weighted by Gasteiger charge is 2.32. The predicted octanol–water partition coefficient (Wildman–Crippen LogP) is 2.91. The second kappa shape index (κ2) is 8.44. The first kappa shape index (κ1) is 21.2. The fraction of sp³-hybridized carbons (Fsp3) is 0.333. The molecule has 0 spiro atoms. The molecule has 2 aromatic rings. The van der Waals surface area contributed by atoms with Crippen molar-refractivity contribution in [2.75, 3.05) is 13.1 Å². The van der Waals surface area contributed by atoms with Crippen molar-refractivity contribution >= 4 is 21.8 Å². The number of nitrogens with zero attached hydrogens (tertiary/aromatic N) is 1. The smallest absolute Gasteiger partial charge is 0.343 e. The van der Waals surface area contributed by atoms with Gasteiger partial charge in [0.15, 0.2) is 5.78 Å². The number of esters is 1. The van der Waals surface area contributed by atoms with E-state index in [0.29, 0.717) is 5.56 Å². The Morgan fingerprint density at radius 1 is 1.00 bits per heavy atom. The highest BCUT2D eigenvalue weighted by Crippen LogP contribution is 2.22. The molecule has 1 aliphatic heterocycles. The normalized spacial score (nSPS) is 20.2. The average Bonchev–Trinajstić information content (AvgIpc) is 2.67. The van der Waals surface area contributed by atoms with Gasteiger partial charge in [0, 0.05) is 18.7 Å². The Morgan fingerprint density at radius 3 is 2.21 bits per heavy atom. The molecule has 7 nitrogen and oxygen atoms in total. The summed E-state index contributed by atoms with van der Waals surface area (Å²) < 4.78 is 38.0. The van der Waals surface area contributed by atoms with Crippen molar-refractivity contribution in [3.8, 4) is 5.75 Å². The molecule has 2 aromatic carbocycles. The number of morpholine rings is 1. The molecule has 29 heavy (non-hydrogen) atoms. The van der Waals surface area contributed by atoms with E-state index in [-0.39, 0.29) is 47.3 Å². The van der Waals surface area contributed by atoms with E-state index in [0.717, 1.165) is 0 Å². The van der Waals surface area contributed by atoms with Crippen LogP contribution >= 0.6 is 0 Å². The highest BCUT2D eigenvalue weighted by atomic mass is 32.2. The zero-order valence-electron chi connectivity index (χ0n) is 16.5. The molecule has 0 radical (unpaired) electrons. The summed E-state index contributed by atoms with van der Waals surface area (Å²) in [6.07, 6.45) is -0.373. The van der Waals surface area contributed by atoms with Gasteiger partial charge in [-0.3, -0.25) is 4.79 Å². The number of ketones is 1. The van der Waals surface area contributed by atoms with Crippen LogP contribution in [0.3, 0.4) is 0 Å². The van der Waals surface area contributed by atoms with Crippen molar-refractivity contribution in [2.45, 2.75) is 37.9 Å². The molecule has 1 heterocycles. The number of hydrogen-bond acceptors (Lipinski definition) is 6. The van der Waals surface area contributed by atoms with Crippen molar-refractivity contribution in [1.82, 2.24) is 4.31 Å². The molecule has 154 valence electrons. The third-order valence-electron chi connectivity index (χ3n) is 4.57. The fourth-order valence-corrected chi connectivity index (χ4v) is 4.77. The van der Waals surface area contributed by atoms with Gasteiger partial charge in [0.1, 0.15) is 5.75 Å². The number of rotatable bonds is 5. The molecule has 0 aromatic heterocycles. The van der Waals surface area contributed by atoms with Crippen molar-refractivity contribution < 1.29 is 27.5 Å². The van der Waals surface area contributed by atoms with E-state index in [9.17, 15) is 18.0 Å². The molecule has 0 unspecified atom stereocenters. The lowest BCUT2D eigenvalue weighted by molar-refractivity contribution is -0.0440. The number of carbonyl (C=O) groups is 2. The minimum absolute atomic E-state index is 0.105. The van der Waals surface area contributed by atoms with Crippen LogP contribution in [0.4, 0.5) is 0 Å². The SMILES string of the molecule is CC(=O)c1cccc(OC(=O)c2ccc(S(=O)(=O)N3C[C@H](C)O[C@@H](C)C3)cc2)c1. The summed E-state index contributed by atoms with van der Waals surface area (Å²) >= 11 is 0. The minimum Gasteiger partial charge on any atom is -0.423 e. The first-order valence-corrected chi connectivity index (χ1v) is 10.7. The van der Waals surface area contributed by atoms with Gasteiger partial charge < -0.3 is 9.47 Å². The molecule has 0 saturated carbocycles. The Morgan fingerprint density at radius 2 is 1.62 bits per heavy atom. The first-order valence-electron chi connectivity index (χ1n) is 9.25. The van der Waals surface area contributed by atoms with E-state index in [1.807, 2.05) is 13.8 Å². The van der Waals surface area contributed by atoms with Gasteiger partial charge in [0.2, 0.25) is 10.0 Å². The second-order valence-electron chi connectivity index (χ2n) is 7.08. The topological polar surface area (TPSA) is 90.0 Å². The van der Waals surface area contributed by atoms with Gasteiger partial charge in [-0.25, -0.2) is 13.2 Å². The summed E-state index contributed by atoms with van der Waals surface area (Å²) in [5.41, 5.74) is 0.645. The molecule has 0 bridgehead atoms. The summed E-state index contributed by atoms with van der Waals surface area (Å²) in [5.74, 6) is -0.525. The van der Waals surface area contributed by atoms with Gasteiger partial charge in [-0.05, 0) is 57.2 Å². The number of hydrogen-bond donors (Lipinski definition) is 0. The van der Waals surface area contributed by atoms with Crippen molar-refractivity contribution in [2.24, 2.45) is 0 Å². The standard InChI is InChI=1S/C21H23NO6S/c1-14-12-22(13-15(2)27-14)29(25,26)20-9-7-17(8-10-20)21(24)28-19-6-4-5-18(11-19)16(3)23/h4-11,14-15H,12-13H2,1-3H3/t14-,15-/m0/s1. The van der Waals surface area contributed by atoms with Crippen molar-refractivity contribution in [3.63, 3.8) is 0 Å². The van der Waals surface area contributed by atoms with Crippen molar-refractivity contribution in [3.05, 3.63) is 59.7 Å². The van der Waals surface area contributed by atoms with Gasteiger partial charge in [0.25, 0.3) is 0 Å². The van der Waals surface area contributed by atoms with Crippen LogP contribution in [0, 0.1) is 0 Å². The zero-order valence-corrected chi connectivity index (χ0v) is 17.3. The van der Waals surface area contributed by atoms with Gasteiger partial charge in [0.05, 0.1) is 22.7 Å². The lowest BCUT2D eigenvalue weighted by Gasteiger charge is -2.34. The highest BCUT2D eigenvalue weighted by molar-refractivity contribution is 7.89. The van der Waals surface area contributed by atoms with Crippen molar-refractivity contribution in [1.29, 1.82) is 0 Å².